The quantitative estimate of drug-likeness (QED) is 0.770. The number of aromatic hydroxyl groups is 1. The van der Waals surface area contributed by atoms with Gasteiger partial charge in [0.1, 0.15) is 5.75 Å². The highest BCUT2D eigenvalue weighted by Crippen LogP contribution is 2.26. The molecule has 2 nitrogen and oxygen atoms in total. The summed E-state index contributed by atoms with van der Waals surface area (Å²) in [7, 11) is 0. The first-order valence-electron chi connectivity index (χ1n) is 4.06. The Labute approximate surface area is 85.7 Å². The van der Waals surface area contributed by atoms with Gasteiger partial charge in [-0.15, -0.1) is 0 Å². The predicted molar refractivity (Wildman–Crippen MR) is 56.1 cm³/mol. The van der Waals surface area contributed by atoms with Crippen LogP contribution in [0.5, 0.6) is 5.75 Å². The van der Waals surface area contributed by atoms with Crippen molar-refractivity contribution in [1.29, 1.82) is 5.26 Å². The molecule has 2 aromatic rings. The number of phenols is 1. The zero-order valence-electron chi connectivity index (χ0n) is 7.27. The summed E-state index contributed by atoms with van der Waals surface area (Å²) in [5, 5.41) is 22.0. The number of thiophene rings is 1. The van der Waals surface area contributed by atoms with Crippen LogP contribution in [0.1, 0.15) is 5.56 Å². The molecule has 2 rings (SSSR count). The second-order valence-corrected chi connectivity index (χ2v) is 3.67. The van der Waals surface area contributed by atoms with E-state index in [2.05, 4.69) is 0 Å². The molecule has 1 aromatic carbocycles. The van der Waals surface area contributed by atoms with Crippen LogP contribution in [0.15, 0.2) is 35.0 Å². The molecule has 0 amide bonds. The fourth-order valence-corrected chi connectivity index (χ4v) is 1.94. The predicted octanol–water partition coefficient (Wildman–Crippen LogP) is 2.99. The average Bonchev–Trinajstić information content (AvgIpc) is 2.69. The molecule has 0 bridgehead atoms. The number of nitrogens with zero attached hydrogens (tertiary/aromatic N) is 1. The molecule has 3 heteroatoms. The van der Waals surface area contributed by atoms with Crippen LogP contribution in [0.2, 0.25) is 0 Å². The number of benzene rings is 1. The highest BCUT2D eigenvalue weighted by atomic mass is 32.1. The zero-order chi connectivity index (χ0) is 9.97. The molecular formula is C11H7NOS. The topological polar surface area (TPSA) is 44.0 Å². The van der Waals surface area contributed by atoms with Gasteiger partial charge in [0.2, 0.25) is 0 Å². The van der Waals surface area contributed by atoms with Gasteiger partial charge < -0.3 is 5.11 Å². The molecule has 1 heterocycles. The first-order chi connectivity index (χ1) is 6.79. The van der Waals surface area contributed by atoms with Gasteiger partial charge in [-0.3, -0.25) is 0 Å². The van der Waals surface area contributed by atoms with Crippen molar-refractivity contribution in [2.24, 2.45) is 0 Å². The smallest absolute Gasteiger partial charge is 0.117 e. The largest absolute Gasteiger partial charge is 0.508 e. The molecule has 0 aliphatic carbocycles. The first-order valence-corrected chi connectivity index (χ1v) is 5.00. The number of phenolic OH excluding ortho intramolecular Hbond substituents is 1. The van der Waals surface area contributed by atoms with Crippen LogP contribution >= 0.6 is 11.3 Å². The van der Waals surface area contributed by atoms with Crippen molar-refractivity contribution >= 4 is 11.3 Å². The average molecular weight is 201 g/mol. The van der Waals surface area contributed by atoms with E-state index >= 15 is 0 Å². The van der Waals surface area contributed by atoms with Gasteiger partial charge in [0.25, 0.3) is 0 Å². The molecule has 0 atom stereocenters. The van der Waals surface area contributed by atoms with E-state index in [0.29, 0.717) is 5.56 Å². The summed E-state index contributed by atoms with van der Waals surface area (Å²) in [5.74, 6) is 0.130. The Hall–Kier alpha value is -1.79. The first kappa shape index (κ1) is 8.79. The Morgan fingerprint density at radius 3 is 2.71 bits per heavy atom. The number of hydrogen-bond acceptors (Lipinski definition) is 3. The lowest BCUT2D eigenvalue weighted by Crippen LogP contribution is -1.78. The van der Waals surface area contributed by atoms with Crippen LogP contribution in [0.4, 0.5) is 0 Å². The summed E-state index contributed by atoms with van der Waals surface area (Å²) in [4.78, 5) is 0. The lowest BCUT2D eigenvalue weighted by atomic mass is 10.1. The molecule has 0 aliphatic rings. The van der Waals surface area contributed by atoms with Crippen LogP contribution in [-0.4, -0.2) is 5.11 Å². The molecule has 0 radical (unpaired) electrons. The minimum absolute atomic E-state index is 0.130. The van der Waals surface area contributed by atoms with Crippen molar-refractivity contribution in [2.45, 2.75) is 0 Å². The van der Waals surface area contributed by atoms with Gasteiger partial charge >= 0.3 is 0 Å². The van der Waals surface area contributed by atoms with Crippen molar-refractivity contribution in [2.75, 3.05) is 0 Å². The van der Waals surface area contributed by atoms with Crippen LogP contribution < -0.4 is 0 Å². The number of rotatable bonds is 1. The maximum Gasteiger partial charge on any atom is 0.117 e. The molecule has 1 aromatic heterocycles. The van der Waals surface area contributed by atoms with E-state index in [1.54, 1.807) is 23.5 Å². The number of hydrogen-bond donors (Lipinski definition) is 1. The Bertz CT molecular complexity index is 482. The maximum atomic E-state index is 9.38. The molecule has 0 aliphatic heterocycles. The molecule has 68 valence electrons. The highest BCUT2D eigenvalue weighted by Gasteiger charge is 2.02. The van der Waals surface area contributed by atoms with E-state index in [-0.39, 0.29) is 5.75 Å². The van der Waals surface area contributed by atoms with Crippen molar-refractivity contribution < 1.29 is 5.11 Å². The van der Waals surface area contributed by atoms with Crippen molar-refractivity contribution in [3.63, 3.8) is 0 Å². The van der Waals surface area contributed by atoms with Crippen LogP contribution in [0.25, 0.3) is 11.1 Å². The van der Waals surface area contributed by atoms with Gasteiger partial charge in [-0.05, 0) is 46.2 Å². The second kappa shape index (κ2) is 3.52. The van der Waals surface area contributed by atoms with Crippen LogP contribution in [-0.2, 0) is 0 Å². The van der Waals surface area contributed by atoms with E-state index in [1.807, 2.05) is 22.9 Å². The van der Waals surface area contributed by atoms with Gasteiger partial charge in [-0.1, -0.05) is 0 Å². The number of nitriles is 1. The monoisotopic (exact) mass is 201 g/mol. The Morgan fingerprint density at radius 2 is 2.07 bits per heavy atom. The van der Waals surface area contributed by atoms with Gasteiger partial charge in [0, 0.05) is 0 Å². The van der Waals surface area contributed by atoms with Gasteiger partial charge in [0.15, 0.2) is 0 Å². The minimum atomic E-state index is 0.130. The van der Waals surface area contributed by atoms with Gasteiger partial charge in [0.05, 0.1) is 11.6 Å². The standard InChI is InChI=1S/C11H7NOS/c12-6-8-3-10(5-11(13)4-8)9-1-2-14-7-9/h1-5,7,13H. The fourth-order valence-electron chi connectivity index (χ4n) is 1.27. The highest BCUT2D eigenvalue weighted by molar-refractivity contribution is 7.08. The third-order valence-electron chi connectivity index (χ3n) is 1.90. The van der Waals surface area contributed by atoms with E-state index < -0.39 is 0 Å². The molecular weight excluding hydrogens is 194 g/mol. The molecule has 1 N–H and O–H groups in total. The SMILES string of the molecule is N#Cc1cc(O)cc(-c2ccsc2)c1. The van der Waals surface area contributed by atoms with Crippen LogP contribution in [0.3, 0.4) is 0 Å². The molecule has 0 spiro atoms. The van der Waals surface area contributed by atoms with Gasteiger partial charge in [-0.25, -0.2) is 0 Å². The van der Waals surface area contributed by atoms with Crippen LogP contribution in [0, 0.1) is 11.3 Å². The normalized spacial score (nSPS) is 9.64. The molecule has 14 heavy (non-hydrogen) atoms. The molecule has 0 saturated carbocycles. The Morgan fingerprint density at radius 1 is 1.21 bits per heavy atom. The lowest BCUT2D eigenvalue weighted by molar-refractivity contribution is 0.475. The third kappa shape index (κ3) is 1.61. The lowest BCUT2D eigenvalue weighted by Gasteiger charge is -1.99. The van der Waals surface area contributed by atoms with E-state index in [0.717, 1.165) is 11.1 Å². The van der Waals surface area contributed by atoms with E-state index in [1.165, 1.54) is 6.07 Å². The zero-order valence-corrected chi connectivity index (χ0v) is 8.08. The summed E-state index contributed by atoms with van der Waals surface area (Å²) >= 11 is 1.59. The minimum Gasteiger partial charge on any atom is -0.508 e. The second-order valence-electron chi connectivity index (χ2n) is 2.89. The third-order valence-corrected chi connectivity index (χ3v) is 2.58. The summed E-state index contributed by atoms with van der Waals surface area (Å²) in [6.07, 6.45) is 0. The van der Waals surface area contributed by atoms with Gasteiger partial charge in [-0.2, -0.15) is 16.6 Å². The summed E-state index contributed by atoms with van der Waals surface area (Å²) in [6, 6.07) is 8.85. The Balaban J connectivity index is 2.55. The molecule has 0 fully saturated rings. The van der Waals surface area contributed by atoms with Crippen molar-refractivity contribution in [1.82, 2.24) is 0 Å². The van der Waals surface area contributed by atoms with E-state index in [9.17, 15) is 5.11 Å². The fraction of sp³-hybridized carbons (Fsp3) is 0. The molecule has 0 saturated heterocycles. The molecule has 0 unspecified atom stereocenters. The summed E-state index contributed by atoms with van der Waals surface area (Å²) in [5.41, 5.74) is 2.39. The Kier molecular flexibility index (Phi) is 2.21. The summed E-state index contributed by atoms with van der Waals surface area (Å²) < 4.78 is 0. The van der Waals surface area contributed by atoms with E-state index in [4.69, 9.17) is 5.26 Å². The summed E-state index contributed by atoms with van der Waals surface area (Å²) in [6.45, 7) is 0. The van der Waals surface area contributed by atoms with Crippen molar-refractivity contribution in [3.05, 3.63) is 40.6 Å². The maximum absolute atomic E-state index is 9.38. The van der Waals surface area contributed by atoms with Crippen molar-refractivity contribution in [3.8, 4) is 22.9 Å².